The van der Waals surface area contributed by atoms with Crippen molar-refractivity contribution in [2.75, 3.05) is 45.8 Å². The normalized spacial score (nSPS) is 16.8. The van der Waals surface area contributed by atoms with E-state index >= 15 is 0 Å². The fraction of sp³-hybridized carbons (Fsp3) is 0.525. The number of carbonyl (C=O) groups is 11. The number of rotatable bonds is 38. The molecule has 1 aromatic heterocycles. The second-order valence-corrected chi connectivity index (χ2v) is 21.7. The molecule has 29 nitrogen and oxygen atoms in total. The van der Waals surface area contributed by atoms with Crippen LogP contribution in [0.3, 0.4) is 0 Å². The Labute approximate surface area is 511 Å². The van der Waals surface area contributed by atoms with Gasteiger partial charge in [-0.25, -0.2) is 0 Å². The standard InChI is InChI=1S/C59H89N17O12/c1-5-34(3)48(56(86)71-42(19-25-62)51(81)68-40(17-23-60)49(65)79)75-54(84)45(30-36-13-9-7-10-14-36)72-52(82)41(18-24-61)69-53(83)43(21-28-67-47(78)29-35(4)77)70-55(85)46(32-64)73-50(80)39(6-2)74-58(88)59(22-26-63)33-76(59)57(87)38-20-27-66-44(31-38)37-15-11-8-12-16-37/h7-16,20,27,31,34-35,39-43,45-46,48,77H,5-6,17-19,21-26,28-30,32-33,60-64H2,1-4H3,(H2,65,79)(H,67,78)(H,68,81)(H,69,83)(H,70,85)(H,71,86)(H,72,82)(H,73,80)(H,74,88)(H,75,84). The molecule has 2 heterocycles. The number of aliphatic hydroxyl groups is 1. The third-order valence-corrected chi connectivity index (χ3v) is 14.9. The number of benzene rings is 2. The topological polar surface area (TPSA) is 488 Å². The average molecular weight is 1230 g/mol. The summed E-state index contributed by atoms with van der Waals surface area (Å²) in [6, 6.07) is 9.99. The van der Waals surface area contributed by atoms with E-state index in [1.807, 2.05) is 30.3 Å². The maximum atomic E-state index is 14.5. The number of nitrogens with zero attached hydrogens (tertiary/aromatic N) is 2. The summed E-state index contributed by atoms with van der Waals surface area (Å²) in [7, 11) is 0. The molecule has 1 saturated heterocycles. The zero-order valence-electron chi connectivity index (χ0n) is 50.4. The van der Waals surface area contributed by atoms with Gasteiger partial charge in [0.2, 0.25) is 59.1 Å². The Morgan fingerprint density at radius 2 is 1.08 bits per heavy atom. The Bertz CT molecular complexity index is 2850. The van der Waals surface area contributed by atoms with E-state index in [-0.39, 0.29) is 96.2 Å². The fourth-order valence-corrected chi connectivity index (χ4v) is 9.54. The first kappa shape index (κ1) is 72.0. The molecule has 0 spiro atoms. The lowest BCUT2D eigenvalue weighted by Gasteiger charge is -2.29. The molecule has 3 aromatic rings. The summed E-state index contributed by atoms with van der Waals surface area (Å²) < 4.78 is 0. The van der Waals surface area contributed by atoms with E-state index in [2.05, 4.69) is 52.8 Å². The number of pyridine rings is 1. The molecule has 88 heavy (non-hydrogen) atoms. The van der Waals surface area contributed by atoms with Gasteiger partial charge in [0.1, 0.15) is 53.9 Å². The van der Waals surface area contributed by atoms with Crippen LogP contribution >= 0.6 is 0 Å². The van der Waals surface area contributed by atoms with E-state index in [1.54, 1.807) is 57.2 Å². The highest BCUT2D eigenvalue weighted by atomic mass is 16.3. The minimum atomic E-state index is -1.55. The van der Waals surface area contributed by atoms with Crippen LogP contribution in [0, 0.1) is 5.92 Å². The number of amides is 11. The summed E-state index contributed by atoms with van der Waals surface area (Å²) in [6.45, 7) is 5.50. The van der Waals surface area contributed by atoms with Crippen molar-refractivity contribution in [3.8, 4) is 11.3 Å². The molecule has 2 aromatic carbocycles. The maximum absolute atomic E-state index is 14.5. The largest absolute Gasteiger partial charge is 0.393 e. The van der Waals surface area contributed by atoms with Gasteiger partial charge in [0.25, 0.3) is 5.91 Å². The van der Waals surface area contributed by atoms with Crippen LogP contribution in [0.2, 0.25) is 0 Å². The average Bonchev–Trinajstić information content (AvgIpc) is 1.72. The first-order valence-corrected chi connectivity index (χ1v) is 29.6. The third-order valence-electron chi connectivity index (χ3n) is 14.9. The Hall–Kier alpha value is -8.48. The van der Waals surface area contributed by atoms with Gasteiger partial charge in [-0.15, -0.1) is 0 Å². The van der Waals surface area contributed by atoms with Crippen molar-refractivity contribution < 1.29 is 57.8 Å². The predicted octanol–water partition coefficient (Wildman–Crippen LogP) is -4.36. The van der Waals surface area contributed by atoms with E-state index in [0.717, 1.165) is 5.56 Å². The number of primary amides is 1. The molecule has 0 bridgehead atoms. The van der Waals surface area contributed by atoms with Gasteiger partial charge in [0.05, 0.1) is 24.8 Å². The van der Waals surface area contributed by atoms with Crippen molar-refractivity contribution in [3.63, 3.8) is 0 Å². The second-order valence-electron chi connectivity index (χ2n) is 21.7. The third kappa shape index (κ3) is 21.4. The van der Waals surface area contributed by atoms with Crippen molar-refractivity contribution in [1.29, 1.82) is 0 Å². The van der Waals surface area contributed by atoms with Gasteiger partial charge >= 0.3 is 0 Å². The van der Waals surface area contributed by atoms with Crippen molar-refractivity contribution >= 4 is 65.0 Å². The highest BCUT2D eigenvalue weighted by molar-refractivity contribution is 6.05. The van der Waals surface area contributed by atoms with Gasteiger partial charge in [-0.05, 0) is 95.2 Å². The van der Waals surface area contributed by atoms with Crippen LogP contribution in [0.5, 0.6) is 0 Å². The molecule has 11 amide bonds. The van der Waals surface area contributed by atoms with Gasteiger partial charge in [-0.1, -0.05) is 87.9 Å². The van der Waals surface area contributed by atoms with Crippen LogP contribution in [0.25, 0.3) is 11.3 Å². The van der Waals surface area contributed by atoms with Crippen molar-refractivity contribution in [2.24, 2.45) is 40.3 Å². The van der Waals surface area contributed by atoms with E-state index in [9.17, 15) is 57.8 Å². The van der Waals surface area contributed by atoms with E-state index in [1.165, 1.54) is 24.1 Å². The lowest BCUT2D eigenvalue weighted by atomic mass is 9.96. The molecule has 11 atom stereocenters. The first-order chi connectivity index (χ1) is 42.0. The molecule has 0 radical (unpaired) electrons. The molecule has 29 heteroatoms. The lowest BCUT2D eigenvalue weighted by molar-refractivity contribution is -0.136. The molecule has 11 unspecified atom stereocenters. The fourth-order valence-electron chi connectivity index (χ4n) is 9.54. The Morgan fingerprint density at radius 1 is 0.580 bits per heavy atom. The summed E-state index contributed by atoms with van der Waals surface area (Å²) >= 11 is 0. The van der Waals surface area contributed by atoms with Crippen molar-refractivity contribution in [2.45, 2.75) is 145 Å². The monoisotopic (exact) mass is 1230 g/mol. The van der Waals surface area contributed by atoms with E-state index in [4.69, 9.17) is 34.4 Å². The predicted molar refractivity (Wildman–Crippen MR) is 326 cm³/mol. The van der Waals surface area contributed by atoms with Crippen molar-refractivity contribution in [1.82, 2.24) is 57.7 Å². The smallest absolute Gasteiger partial charge is 0.255 e. The quantitative estimate of drug-likeness (QED) is 0.0241. The summed E-state index contributed by atoms with van der Waals surface area (Å²) in [5.74, 6) is -9.16. The van der Waals surface area contributed by atoms with Crippen LogP contribution in [0.1, 0.15) is 95.0 Å². The molecule has 482 valence electrons. The van der Waals surface area contributed by atoms with Crippen LogP contribution < -0.4 is 82.3 Å². The summed E-state index contributed by atoms with van der Waals surface area (Å²) in [4.78, 5) is 157. The van der Waals surface area contributed by atoms with E-state index in [0.29, 0.717) is 17.7 Å². The number of carbonyl (C=O) groups excluding carboxylic acids is 11. The van der Waals surface area contributed by atoms with Gasteiger partial charge in [0.15, 0.2) is 0 Å². The Balaban J connectivity index is 1.54. The zero-order valence-corrected chi connectivity index (χ0v) is 50.4. The Kier molecular flexibility index (Phi) is 29.4. The molecule has 4 rings (SSSR count). The van der Waals surface area contributed by atoms with Crippen LogP contribution in [-0.2, 0) is 54.4 Å². The number of nitrogens with two attached hydrogens (primary N) is 6. The molecule has 0 saturated carbocycles. The minimum Gasteiger partial charge on any atom is -0.393 e. The molecular weight excluding hydrogens is 1140 g/mol. The number of aromatic nitrogens is 1. The van der Waals surface area contributed by atoms with E-state index < -0.39 is 137 Å². The molecular formula is C59H89N17O12. The highest BCUT2D eigenvalue weighted by Gasteiger charge is 2.60. The molecule has 0 aliphatic carbocycles. The number of nitrogens with one attached hydrogen (secondary N) is 9. The second kappa shape index (κ2) is 36.0. The number of hydrogen-bond donors (Lipinski definition) is 16. The highest BCUT2D eigenvalue weighted by Crippen LogP contribution is 2.38. The van der Waals surface area contributed by atoms with Crippen LogP contribution in [0.15, 0.2) is 79.0 Å². The van der Waals surface area contributed by atoms with Crippen molar-refractivity contribution in [3.05, 3.63) is 90.1 Å². The molecule has 22 N–H and O–H groups in total. The summed E-state index contributed by atoms with van der Waals surface area (Å²) in [5, 5.41) is 33.2. The molecule has 1 aliphatic heterocycles. The van der Waals surface area contributed by atoms with Gasteiger partial charge in [-0.2, -0.15) is 0 Å². The summed E-state index contributed by atoms with van der Waals surface area (Å²) in [5.41, 5.74) is 35.6. The molecule has 1 aliphatic rings. The Morgan fingerprint density at radius 3 is 1.61 bits per heavy atom. The number of hydrogen-bond acceptors (Lipinski definition) is 18. The zero-order chi connectivity index (χ0) is 65.1. The number of aliphatic hydroxyl groups excluding tert-OH is 1. The molecule has 1 fully saturated rings. The first-order valence-electron chi connectivity index (χ1n) is 29.6. The summed E-state index contributed by atoms with van der Waals surface area (Å²) in [6.07, 6.45) is -0.0555. The minimum absolute atomic E-state index is 0.00349. The van der Waals surface area contributed by atoms with Gasteiger partial charge in [0, 0.05) is 36.8 Å². The SMILES string of the molecule is CCC(NC(=O)C1(CCN)CN1C(=O)c1ccnc(-c2ccccc2)c1)C(=O)NC(CN)C(=O)NC(CCNC(=O)CC(C)O)C(=O)NC(CCN)C(=O)NC(Cc1ccccc1)C(=O)NC(C(=O)NC(CCN)C(=O)NC(CCN)C(N)=O)C(C)CC. The van der Waals surface area contributed by atoms with Gasteiger partial charge in [-0.3, -0.25) is 57.7 Å². The lowest BCUT2D eigenvalue weighted by Crippen LogP contribution is -2.62. The maximum Gasteiger partial charge on any atom is 0.255 e. The van der Waals surface area contributed by atoms with Crippen LogP contribution in [0.4, 0.5) is 0 Å². The van der Waals surface area contributed by atoms with Gasteiger partial charge < -0.3 is 92.3 Å². The van der Waals surface area contributed by atoms with Crippen LogP contribution in [-0.4, -0.2) is 186 Å².